The SMILES string of the molecule is CC(C)NCc1cccc(Cl)c1Sc1ccc(Br)cc1. The molecule has 1 nitrogen and oxygen atoms in total. The minimum atomic E-state index is 0.458. The summed E-state index contributed by atoms with van der Waals surface area (Å²) in [6.07, 6.45) is 0. The highest BCUT2D eigenvalue weighted by atomic mass is 79.9. The standard InChI is InChI=1S/C16H17BrClNS/c1-11(2)19-10-12-4-3-5-15(18)16(12)20-14-8-6-13(17)7-9-14/h3-9,11,19H,10H2,1-2H3. The lowest BCUT2D eigenvalue weighted by molar-refractivity contribution is 0.585. The summed E-state index contributed by atoms with van der Waals surface area (Å²) >= 11 is 11.5. The summed E-state index contributed by atoms with van der Waals surface area (Å²) in [6.45, 7) is 5.12. The number of nitrogens with one attached hydrogen (secondary N) is 1. The molecule has 1 N–H and O–H groups in total. The largest absolute Gasteiger partial charge is 0.310 e. The molecule has 0 aliphatic heterocycles. The molecule has 0 radical (unpaired) electrons. The first-order valence-corrected chi connectivity index (χ1v) is 8.49. The van der Waals surface area contributed by atoms with Crippen LogP contribution in [-0.4, -0.2) is 6.04 Å². The molecular weight excluding hydrogens is 354 g/mol. The van der Waals surface area contributed by atoms with Crippen molar-refractivity contribution in [3.05, 3.63) is 57.5 Å². The Morgan fingerprint density at radius 3 is 2.50 bits per heavy atom. The van der Waals surface area contributed by atoms with Crippen LogP contribution in [0.5, 0.6) is 0 Å². The molecular formula is C16H17BrClNS. The van der Waals surface area contributed by atoms with E-state index in [0.717, 1.165) is 20.9 Å². The van der Waals surface area contributed by atoms with E-state index in [1.54, 1.807) is 11.8 Å². The molecule has 20 heavy (non-hydrogen) atoms. The molecule has 2 aromatic rings. The third kappa shape index (κ3) is 4.52. The highest BCUT2D eigenvalue weighted by molar-refractivity contribution is 9.10. The van der Waals surface area contributed by atoms with Crippen molar-refractivity contribution >= 4 is 39.3 Å². The minimum Gasteiger partial charge on any atom is -0.310 e. The van der Waals surface area contributed by atoms with E-state index in [9.17, 15) is 0 Å². The highest BCUT2D eigenvalue weighted by Crippen LogP contribution is 2.36. The van der Waals surface area contributed by atoms with Gasteiger partial charge in [-0.15, -0.1) is 0 Å². The molecule has 0 aromatic heterocycles. The third-order valence-corrected chi connectivity index (χ3v) is 4.93. The second-order valence-corrected chi connectivity index (χ2v) is 7.23. The van der Waals surface area contributed by atoms with Crippen LogP contribution in [0.3, 0.4) is 0 Å². The maximum atomic E-state index is 6.37. The topological polar surface area (TPSA) is 12.0 Å². The van der Waals surface area contributed by atoms with Crippen LogP contribution in [0.25, 0.3) is 0 Å². The lowest BCUT2D eigenvalue weighted by atomic mass is 10.2. The van der Waals surface area contributed by atoms with Crippen LogP contribution in [-0.2, 0) is 6.54 Å². The monoisotopic (exact) mass is 369 g/mol. The molecule has 2 aromatic carbocycles. The van der Waals surface area contributed by atoms with Crippen molar-refractivity contribution in [2.75, 3.05) is 0 Å². The Morgan fingerprint density at radius 1 is 1.15 bits per heavy atom. The van der Waals surface area contributed by atoms with E-state index in [1.807, 2.05) is 24.3 Å². The van der Waals surface area contributed by atoms with E-state index in [2.05, 4.69) is 53.3 Å². The smallest absolute Gasteiger partial charge is 0.0548 e. The summed E-state index contributed by atoms with van der Waals surface area (Å²) in [5, 5.41) is 4.25. The van der Waals surface area contributed by atoms with E-state index in [-0.39, 0.29) is 0 Å². The summed E-state index contributed by atoms with van der Waals surface area (Å²) < 4.78 is 1.09. The number of hydrogen-bond acceptors (Lipinski definition) is 2. The highest BCUT2D eigenvalue weighted by Gasteiger charge is 2.09. The van der Waals surface area contributed by atoms with Crippen LogP contribution in [0.1, 0.15) is 19.4 Å². The van der Waals surface area contributed by atoms with Crippen LogP contribution >= 0.6 is 39.3 Å². The molecule has 0 amide bonds. The van der Waals surface area contributed by atoms with Gasteiger partial charge < -0.3 is 5.32 Å². The normalized spacial score (nSPS) is 11.1. The van der Waals surface area contributed by atoms with E-state index >= 15 is 0 Å². The van der Waals surface area contributed by atoms with Gasteiger partial charge in [-0.2, -0.15) is 0 Å². The molecule has 0 saturated heterocycles. The Hall–Kier alpha value is -0.480. The molecule has 0 bridgehead atoms. The van der Waals surface area contributed by atoms with E-state index in [0.29, 0.717) is 6.04 Å². The summed E-state index contributed by atoms with van der Waals surface area (Å²) in [6, 6.07) is 14.8. The Labute approximate surface area is 138 Å². The fraction of sp³-hybridized carbons (Fsp3) is 0.250. The predicted octanol–water partition coefficient (Wildman–Crippen LogP) is 5.75. The fourth-order valence-corrected chi connectivity index (χ4v) is 3.26. The molecule has 0 atom stereocenters. The van der Waals surface area contributed by atoms with Gasteiger partial charge in [0.2, 0.25) is 0 Å². The molecule has 0 unspecified atom stereocenters. The average molecular weight is 371 g/mol. The van der Waals surface area contributed by atoms with Gasteiger partial charge in [0, 0.05) is 26.9 Å². The van der Waals surface area contributed by atoms with Gasteiger partial charge in [0.25, 0.3) is 0 Å². The van der Waals surface area contributed by atoms with Crippen LogP contribution in [0.2, 0.25) is 5.02 Å². The number of benzene rings is 2. The molecule has 0 heterocycles. The average Bonchev–Trinajstić information content (AvgIpc) is 2.41. The first-order valence-electron chi connectivity index (χ1n) is 6.50. The second kappa shape index (κ2) is 7.51. The molecule has 2 rings (SSSR count). The molecule has 0 fully saturated rings. The zero-order chi connectivity index (χ0) is 14.5. The van der Waals surface area contributed by atoms with Crippen molar-refractivity contribution in [3.8, 4) is 0 Å². The van der Waals surface area contributed by atoms with Crippen LogP contribution in [0, 0.1) is 0 Å². The molecule has 0 aliphatic carbocycles. The van der Waals surface area contributed by atoms with Gasteiger partial charge in [-0.05, 0) is 35.9 Å². The van der Waals surface area contributed by atoms with Gasteiger partial charge in [-0.25, -0.2) is 0 Å². The molecule has 106 valence electrons. The van der Waals surface area contributed by atoms with Gasteiger partial charge in [0.05, 0.1) is 5.02 Å². The van der Waals surface area contributed by atoms with E-state index in [4.69, 9.17) is 11.6 Å². The summed E-state index contributed by atoms with van der Waals surface area (Å²) in [7, 11) is 0. The second-order valence-electron chi connectivity index (χ2n) is 4.82. The zero-order valence-electron chi connectivity index (χ0n) is 11.5. The third-order valence-electron chi connectivity index (χ3n) is 2.78. The Balaban J connectivity index is 2.23. The summed E-state index contributed by atoms with van der Waals surface area (Å²) in [5.41, 5.74) is 1.24. The Kier molecular flexibility index (Phi) is 5.97. The van der Waals surface area contributed by atoms with Crippen LogP contribution in [0.4, 0.5) is 0 Å². The van der Waals surface area contributed by atoms with Gasteiger partial charge in [-0.1, -0.05) is 65.3 Å². The van der Waals surface area contributed by atoms with Crippen molar-refractivity contribution in [3.63, 3.8) is 0 Å². The number of halogens is 2. The Morgan fingerprint density at radius 2 is 1.85 bits per heavy atom. The van der Waals surface area contributed by atoms with Gasteiger partial charge in [-0.3, -0.25) is 0 Å². The lowest BCUT2D eigenvalue weighted by Gasteiger charge is -2.13. The van der Waals surface area contributed by atoms with Crippen molar-refractivity contribution in [2.24, 2.45) is 0 Å². The van der Waals surface area contributed by atoms with Crippen molar-refractivity contribution in [1.82, 2.24) is 5.32 Å². The van der Waals surface area contributed by atoms with Crippen molar-refractivity contribution < 1.29 is 0 Å². The lowest BCUT2D eigenvalue weighted by Crippen LogP contribution is -2.22. The van der Waals surface area contributed by atoms with Gasteiger partial charge in [0.15, 0.2) is 0 Å². The number of hydrogen-bond donors (Lipinski definition) is 1. The van der Waals surface area contributed by atoms with Crippen LogP contribution in [0.15, 0.2) is 56.7 Å². The Bertz CT molecular complexity index is 569. The van der Waals surface area contributed by atoms with Crippen molar-refractivity contribution in [1.29, 1.82) is 0 Å². The fourth-order valence-electron chi connectivity index (χ4n) is 1.74. The maximum Gasteiger partial charge on any atom is 0.0548 e. The molecule has 0 aliphatic rings. The molecule has 0 spiro atoms. The minimum absolute atomic E-state index is 0.458. The van der Waals surface area contributed by atoms with Gasteiger partial charge in [0.1, 0.15) is 0 Å². The number of rotatable bonds is 5. The van der Waals surface area contributed by atoms with Crippen LogP contribution < -0.4 is 5.32 Å². The van der Waals surface area contributed by atoms with Gasteiger partial charge >= 0.3 is 0 Å². The molecule has 4 heteroatoms. The molecule has 0 saturated carbocycles. The van der Waals surface area contributed by atoms with E-state index in [1.165, 1.54) is 10.5 Å². The van der Waals surface area contributed by atoms with E-state index < -0.39 is 0 Å². The quantitative estimate of drug-likeness (QED) is 0.719. The summed E-state index contributed by atoms with van der Waals surface area (Å²) in [5.74, 6) is 0. The first kappa shape index (κ1) is 15.9. The van der Waals surface area contributed by atoms with Crippen molar-refractivity contribution in [2.45, 2.75) is 36.2 Å². The zero-order valence-corrected chi connectivity index (χ0v) is 14.6. The summed E-state index contributed by atoms with van der Waals surface area (Å²) in [4.78, 5) is 2.32. The predicted molar refractivity (Wildman–Crippen MR) is 91.7 cm³/mol. The first-order chi connectivity index (χ1) is 9.56. The maximum absolute atomic E-state index is 6.37.